The van der Waals surface area contributed by atoms with Crippen molar-refractivity contribution >= 4 is 5.91 Å². The van der Waals surface area contributed by atoms with Crippen LogP contribution in [-0.4, -0.2) is 45.3 Å². The van der Waals surface area contributed by atoms with E-state index in [0.29, 0.717) is 17.8 Å². The van der Waals surface area contributed by atoms with Crippen LogP contribution in [0.3, 0.4) is 0 Å². The van der Waals surface area contributed by atoms with Crippen LogP contribution in [0.2, 0.25) is 0 Å². The van der Waals surface area contributed by atoms with Crippen molar-refractivity contribution in [2.24, 2.45) is 0 Å². The van der Waals surface area contributed by atoms with Gasteiger partial charge in [0.1, 0.15) is 0 Å². The number of aliphatic hydroxyl groups is 1. The molecule has 2 rings (SSSR count). The molecule has 0 spiro atoms. The minimum atomic E-state index is -0.0264. The van der Waals surface area contributed by atoms with Crippen LogP contribution in [0.1, 0.15) is 53.8 Å². The standard InChI is InChI=1S/C15H23N3O2/c1-11-10-14(12(2)17-16-11)15(20)18(8-9-19)13-6-4-3-5-7-13/h10,13,19H,3-9H2,1-2H3. The van der Waals surface area contributed by atoms with Gasteiger partial charge in [0.05, 0.1) is 23.6 Å². The average molecular weight is 277 g/mol. The topological polar surface area (TPSA) is 66.3 Å². The molecule has 20 heavy (non-hydrogen) atoms. The van der Waals surface area contributed by atoms with Crippen molar-refractivity contribution in [3.05, 3.63) is 23.0 Å². The molecule has 0 aliphatic heterocycles. The molecule has 1 aliphatic carbocycles. The maximum atomic E-state index is 12.8. The highest BCUT2D eigenvalue weighted by Gasteiger charge is 2.27. The van der Waals surface area contributed by atoms with Crippen molar-refractivity contribution in [1.29, 1.82) is 0 Å². The van der Waals surface area contributed by atoms with E-state index < -0.39 is 0 Å². The average Bonchev–Trinajstić information content (AvgIpc) is 2.47. The molecule has 0 radical (unpaired) electrons. The molecule has 0 bridgehead atoms. The van der Waals surface area contributed by atoms with Gasteiger partial charge in [0.15, 0.2) is 0 Å². The first kappa shape index (κ1) is 14.9. The number of aryl methyl sites for hydroxylation is 2. The minimum absolute atomic E-state index is 0.00121. The molecule has 0 saturated heterocycles. The summed E-state index contributed by atoms with van der Waals surface area (Å²) in [7, 11) is 0. The first-order chi connectivity index (χ1) is 9.63. The monoisotopic (exact) mass is 277 g/mol. The Morgan fingerprint density at radius 1 is 1.30 bits per heavy atom. The van der Waals surface area contributed by atoms with Crippen LogP contribution in [-0.2, 0) is 0 Å². The second-order valence-corrected chi connectivity index (χ2v) is 5.50. The third-order valence-electron chi connectivity index (χ3n) is 3.95. The Kier molecular flexibility index (Phi) is 5.06. The van der Waals surface area contributed by atoms with Gasteiger partial charge in [0.25, 0.3) is 5.91 Å². The Labute approximate surface area is 120 Å². The highest BCUT2D eigenvalue weighted by atomic mass is 16.3. The third kappa shape index (κ3) is 3.33. The molecule has 0 atom stereocenters. The summed E-state index contributed by atoms with van der Waals surface area (Å²) in [5.74, 6) is -0.0264. The number of aromatic nitrogens is 2. The van der Waals surface area contributed by atoms with Gasteiger partial charge in [0, 0.05) is 12.6 Å². The lowest BCUT2D eigenvalue weighted by molar-refractivity contribution is 0.0584. The van der Waals surface area contributed by atoms with Gasteiger partial charge in [-0.05, 0) is 32.8 Å². The van der Waals surface area contributed by atoms with Gasteiger partial charge < -0.3 is 10.0 Å². The molecule has 1 aromatic rings. The summed E-state index contributed by atoms with van der Waals surface area (Å²) in [6.45, 7) is 4.03. The molecule has 5 heteroatoms. The second-order valence-electron chi connectivity index (χ2n) is 5.50. The molecular weight excluding hydrogens is 254 g/mol. The van der Waals surface area contributed by atoms with Crippen molar-refractivity contribution in [2.45, 2.75) is 52.0 Å². The molecule has 5 nitrogen and oxygen atoms in total. The fourth-order valence-corrected chi connectivity index (χ4v) is 2.87. The number of nitrogens with zero attached hydrogens (tertiary/aromatic N) is 3. The number of amides is 1. The molecule has 1 amide bonds. The smallest absolute Gasteiger partial charge is 0.256 e. The number of carbonyl (C=O) groups is 1. The summed E-state index contributed by atoms with van der Waals surface area (Å²) in [6.07, 6.45) is 5.62. The van der Waals surface area contributed by atoms with Gasteiger partial charge in [-0.2, -0.15) is 10.2 Å². The first-order valence-electron chi connectivity index (χ1n) is 7.36. The Balaban J connectivity index is 2.23. The molecule has 1 aromatic heterocycles. The van der Waals surface area contributed by atoms with E-state index in [0.717, 1.165) is 31.4 Å². The molecule has 1 aliphatic rings. The van der Waals surface area contributed by atoms with Gasteiger partial charge in [-0.25, -0.2) is 0 Å². The predicted octanol–water partition coefficient (Wildman–Crippen LogP) is 1.86. The number of hydrogen-bond donors (Lipinski definition) is 1. The van der Waals surface area contributed by atoms with Crippen LogP contribution in [0.4, 0.5) is 0 Å². The van der Waals surface area contributed by atoms with E-state index >= 15 is 0 Å². The third-order valence-corrected chi connectivity index (χ3v) is 3.95. The zero-order valence-electron chi connectivity index (χ0n) is 12.3. The van der Waals surface area contributed by atoms with Gasteiger partial charge in [-0.15, -0.1) is 0 Å². The number of hydrogen-bond acceptors (Lipinski definition) is 4. The highest BCUT2D eigenvalue weighted by molar-refractivity contribution is 5.95. The molecule has 1 heterocycles. The summed E-state index contributed by atoms with van der Waals surface area (Å²) < 4.78 is 0. The molecule has 0 aromatic carbocycles. The Bertz CT molecular complexity index is 470. The fourth-order valence-electron chi connectivity index (χ4n) is 2.87. The Hall–Kier alpha value is -1.49. The SMILES string of the molecule is Cc1cc(C(=O)N(CCO)C2CCCCC2)c(C)nn1. The predicted molar refractivity (Wildman–Crippen MR) is 76.5 cm³/mol. The minimum Gasteiger partial charge on any atom is -0.395 e. The molecule has 110 valence electrons. The van der Waals surface area contributed by atoms with Crippen LogP contribution in [0, 0.1) is 13.8 Å². The summed E-state index contributed by atoms with van der Waals surface area (Å²) in [5.41, 5.74) is 2.00. The summed E-state index contributed by atoms with van der Waals surface area (Å²) in [6, 6.07) is 2.04. The Morgan fingerprint density at radius 2 is 2.00 bits per heavy atom. The van der Waals surface area contributed by atoms with Crippen molar-refractivity contribution < 1.29 is 9.90 Å². The van der Waals surface area contributed by atoms with E-state index in [4.69, 9.17) is 0 Å². The van der Waals surface area contributed by atoms with Gasteiger partial charge in [-0.3, -0.25) is 4.79 Å². The van der Waals surface area contributed by atoms with Crippen LogP contribution < -0.4 is 0 Å². The lowest BCUT2D eigenvalue weighted by Gasteiger charge is -2.34. The number of aliphatic hydroxyl groups excluding tert-OH is 1. The molecule has 0 unspecified atom stereocenters. The second kappa shape index (κ2) is 6.79. The van der Waals surface area contributed by atoms with E-state index in [2.05, 4.69) is 10.2 Å². The maximum Gasteiger partial charge on any atom is 0.256 e. The lowest BCUT2D eigenvalue weighted by Crippen LogP contribution is -2.43. The van der Waals surface area contributed by atoms with Crippen LogP contribution in [0.15, 0.2) is 6.07 Å². The van der Waals surface area contributed by atoms with Crippen molar-refractivity contribution in [3.8, 4) is 0 Å². The highest BCUT2D eigenvalue weighted by Crippen LogP contribution is 2.24. The van der Waals surface area contributed by atoms with E-state index in [9.17, 15) is 9.90 Å². The number of carbonyl (C=O) groups excluding carboxylic acids is 1. The van der Waals surface area contributed by atoms with Crippen LogP contribution in [0.25, 0.3) is 0 Å². The van der Waals surface area contributed by atoms with Crippen molar-refractivity contribution in [2.75, 3.05) is 13.2 Å². The largest absolute Gasteiger partial charge is 0.395 e. The van der Waals surface area contributed by atoms with Crippen LogP contribution in [0.5, 0.6) is 0 Å². The van der Waals surface area contributed by atoms with E-state index in [1.807, 2.05) is 11.8 Å². The molecule has 1 fully saturated rings. The molecule has 1 saturated carbocycles. The van der Waals surface area contributed by atoms with E-state index in [1.54, 1.807) is 13.0 Å². The zero-order chi connectivity index (χ0) is 14.5. The quantitative estimate of drug-likeness (QED) is 0.912. The van der Waals surface area contributed by atoms with Crippen molar-refractivity contribution in [1.82, 2.24) is 15.1 Å². The maximum absolute atomic E-state index is 12.8. The van der Waals surface area contributed by atoms with Gasteiger partial charge >= 0.3 is 0 Å². The van der Waals surface area contributed by atoms with Crippen LogP contribution >= 0.6 is 0 Å². The Morgan fingerprint density at radius 3 is 2.65 bits per heavy atom. The van der Waals surface area contributed by atoms with Gasteiger partial charge in [-0.1, -0.05) is 19.3 Å². The lowest BCUT2D eigenvalue weighted by atomic mass is 9.93. The van der Waals surface area contributed by atoms with Crippen molar-refractivity contribution in [3.63, 3.8) is 0 Å². The zero-order valence-corrected chi connectivity index (χ0v) is 12.3. The first-order valence-corrected chi connectivity index (χ1v) is 7.36. The van der Waals surface area contributed by atoms with E-state index in [1.165, 1.54) is 6.42 Å². The normalized spacial score (nSPS) is 16.1. The summed E-state index contributed by atoms with van der Waals surface area (Å²) >= 11 is 0. The van der Waals surface area contributed by atoms with E-state index in [-0.39, 0.29) is 18.6 Å². The fraction of sp³-hybridized carbons (Fsp3) is 0.667. The molecular formula is C15H23N3O2. The summed E-state index contributed by atoms with van der Waals surface area (Å²) in [5, 5.41) is 17.3. The number of rotatable bonds is 4. The summed E-state index contributed by atoms with van der Waals surface area (Å²) in [4.78, 5) is 14.6. The van der Waals surface area contributed by atoms with Gasteiger partial charge in [0.2, 0.25) is 0 Å². The molecule has 1 N–H and O–H groups in total.